The monoisotopic (exact) mass is 263 g/mol. The molecule has 0 aromatic heterocycles. The van der Waals surface area contributed by atoms with E-state index in [4.69, 9.17) is 4.74 Å². The number of para-hydroxylation sites is 1. The van der Waals surface area contributed by atoms with Gasteiger partial charge in [-0.05, 0) is 38.7 Å². The molecule has 0 radical (unpaired) electrons. The van der Waals surface area contributed by atoms with Crippen LogP contribution < -0.4 is 4.90 Å². The van der Waals surface area contributed by atoms with Gasteiger partial charge in [-0.2, -0.15) is 0 Å². The quantitative estimate of drug-likeness (QED) is 0.821. The van der Waals surface area contributed by atoms with Gasteiger partial charge in [0.15, 0.2) is 0 Å². The molecular weight excluding hydrogens is 238 g/mol. The highest BCUT2D eigenvalue weighted by molar-refractivity contribution is 5.55. The van der Waals surface area contributed by atoms with Crippen LogP contribution in [0.5, 0.6) is 0 Å². The Kier molecular flexibility index (Phi) is 4.83. The number of methoxy groups -OCH3 is 1. The largest absolute Gasteiger partial charge is 0.389 e. The Bertz CT molecular complexity index is 401. The Morgan fingerprint density at radius 2 is 2.00 bits per heavy atom. The number of hydrogen-bond acceptors (Lipinski definition) is 3. The van der Waals surface area contributed by atoms with Crippen molar-refractivity contribution in [2.45, 2.75) is 38.8 Å². The third-order valence-electron chi connectivity index (χ3n) is 4.03. The van der Waals surface area contributed by atoms with Gasteiger partial charge in [0.1, 0.15) is 0 Å². The average molecular weight is 263 g/mol. The molecule has 0 spiro atoms. The minimum Gasteiger partial charge on any atom is -0.389 e. The van der Waals surface area contributed by atoms with Crippen molar-refractivity contribution >= 4 is 5.69 Å². The van der Waals surface area contributed by atoms with E-state index in [0.29, 0.717) is 12.6 Å². The fraction of sp³-hybridized carbons (Fsp3) is 0.625. The zero-order valence-corrected chi connectivity index (χ0v) is 12.2. The molecule has 1 aromatic carbocycles. The SMILES string of the molecule is COCCN(c1ccccc1C(C)O)C(C)C1CC1. The molecule has 2 unspecified atom stereocenters. The van der Waals surface area contributed by atoms with Crippen molar-refractivity contribution in [2.24, 2.45) is 5.92 Å². The van der Waals surface area contributed by atoms with Crippen molar-refractivity contribution < 1.29 is 9.84 Å². The van der Waals surface area contributed by atoms with Crippen LogP contribution in [0.25, 0.3) is 0 Å². The van der Waals surface area contributed by atoms with Crippen LogP contribution in [0.4, 0.5) is 5.69 Å². The molecule has 19 heavy (non-hydrogen) atoms. The highest BCUT2D eigenvalue weighted by Crippen LogP contribution is 2.38. The number of rotatable bonds is 7. The lowest BCUT2D eigenvalue weighted by molar-refractivity contribution is 0.196. The number of anilines is 1. The van der Waals surface area contributed by atoms with Gasteiger partial charge in [0, 0.05) is 30.9 Å². The summed E-state index contributed by atoms with van der Waals surface area (Å²) in [5.41, 5.74) is 2.15. The second-order valence-corrected chi connectivity index (χ2v) is 5.50. The van der Waals surface area contributed by atoms with Gasteiger partial charge in [0.05, 0.1) is 12.7 Å². The summed E-state index contributed by atoms with van der Waals surface area (Å²) in [5, 5.41) is 9.96. The fourth-order valence-corrected chi connectivity index (χ4v) is 2.67. The van der Waals surface area contributed by atoms with Crippen molar-refractivity contribution in [2.75, 3.05) is 25.2 Å². The van der Waals surface area contributed by atoms with Gasteiger partial charge in [-0.1, -0.05) is 18.2 Å². The second kappa shape index (κ2) is 6.40. The van der Waals surface area contributed by atoms with E-state index in [9.17, 15) is 5.11 Å². The van der Waals surface area contributed by atoms with E-state index in [-0.39, 0.29) is 0 Å². The van der Waals surface area contributed by atoms with Crippen molar-refractivity contribution in [1.29, 1.82) is 0 Å². The number of ether oxygens (including phenoxy) is 1. The molecule has 1 saturated carbocycles. The normalized spacial score (nSPS) is 18.1. The van der Waals surface area contributed by atoms with E-state index in [2.05, 4.69) is 17.9 Å². The minimum atomic E-state index is -0.437. The molecule has 3 nitrogen and oxygen atoms in total. The van der Waals surface area contributed by atoms with Crippen LogP contribution in [0.1, 0.15) is 38.4 Å². The van der Waals surface area contributed by atoms with E-state index >= 15 is 0 Å². The van der Waals surface area contributed by atoms with E-state index < -0.39 is 6.10 Å². The molecule has 1 aliphatic rings. The van der Waals surface area contributed by atoms with Crippen LogP contribution in [0.15, 0.2) is 24.3 Å². The van der Waals surface area contributed by atoms with Gasteiger partial charge in [0.25, 0.3) is 0 Å². The summed E-state index contributed by atoms with van der Waals surface area (Å²) in [7, 11) is 1.74. The predicted molar refractivity (Wildman–Crippen MR) is 78.5 cm³/mol. The first kappa shape index (κ1) is 14.4. The van der Waals surface area contributed by atoms with Crippen molar-refractivity contribution in [1.82, 2.24) is 0 Å². The molecule has 0 bridgehead atoms. The van der Waals surface area contributed by atoms with Crippen molar-refractivity contribution in [3.05, 3.63) is 29.8 Å². The van der Waals surface area contributed by atoms with Crippen LogP contribution in [-0.4, -0.2) is 31.4 Å². The third kappa shape index (κ3) is 3.48. The number of aliphatic hydroxyl groups excluding tert-OH is 1. The highest BCUT2D eigenvalue weighted by atomic mass is 16.5. The lowest BCUT2D eigenvalue weighted by Crippen LogP contribution is -2.38. The molecular formula is C16H25NO2. The third-order valence-corrected chi connectivity index (χ3v) is 4.03. The highest BCUT2D eigenvalue weighted by Gasteiger charge is 2.32. The molecule has 106 valence electrons. The Balaban J connectivity index is 2.25. The minimum absolute atomic E-state index is 0.437. The lowest BCUT2D eigenvalue weighted by atomic mass is 10.0. The van der Waals surface area contributed by atoms with Crippen LogP contribution in [0, 0.1) is 5.92 Å². The second-order valence-electron chi connectivity index (χ2n) is 5.50. The fourth-order valence-electron chi connectivity index (χ4n) is 2.67. The average Bonchev–Trinajstić information content (AvgIpc) is 3.23. The molecule has 0 amide bonds. The summed E-state index contributed by atoms with van der Waals surface area (Å²) >= 11 is 0. The maximum atomic E-state index is 9.96. The molecule has 1 fully saturated rings. The summed E-state index contributed by atoms with van der Waals surface area (Å²) in [6.07, 6.45) is 2.20. The first-order valence-corrected chi connectivity index (χ1v) is 7.17. The molecule has 0 heterocycles. The smallest absolute Gasteiger partial charge is 0.0781 e. The van der Waals surface area contributed by atoms with Gasteiger partial charge in [-0.15, -0.1) is 0 Å². The molecule has 3 heteroatoms. The molecule has 2 atom stereocenters. The number of aliphatic hydroxyl groups is 1. The first-order chi connectivity index (χ1) is 9.15. The summed E-state index contributed by atoms with van der Waals surface area (Å²) in [5.74, 6) is 0.791. The lowest BCUT2D eigenvalue weighted by Gasteiger charge is -2.33. The number of hydrogen-bond donors (Lipinski definition) is 1. The first-order valence-electron chi connectivity index (χ1n) is 7.17. The van der Waals surface area contributed by atoms with Gasteiger partial charge in [0.2, 0.25) is 0 Å². The molecule has 0 saturated heterocycles. The zero-order valence-electron chi connectivity index (χ0n) is 12.2. The molecule has 1 aromatic rings. The molecule has 1 N–H and O–H groups in total. The van der Waals surface area contributed by atoms with Gasteiger partial charge in [-0.3, -0.25) is 0 Å². The number of benzene rings is 1. The molecule has 0 aliphatic heterocycles. The maximum Gasteiger partial charge on any atom is 0.0781 e. The van der Waals surface area contributed by atoms with Gasteiger partial charge < -0.3 is 14.7 Å². The van der Waals surface area contributed by atoms with Crippen LogP contribution >= 0.6 is 0 Å². The van der Waals surface area contributed by atoms with E-state index in [1.807, 2.05) is 25.1 Å². The van der Waals surface area contributed by atoms with Crippen LogP contribution in [0.2, 0.25) is 0 Å². The van der Waals surface area contributed by atoms with Crippen LogP contribution in [0.3, 0.4) is 0 Å². The summed E-state index contributed by atoms with van der Waals surface area (Å²) in [4.78, 5) is 2.39. The van der Waals surface area contributed by atoms with Crippen molar-refractivity contribution in [3.63, 3.8) is 0 Å². The topological polar surface area (TPSA) is 32.7 Å². The Morgan fingerprint density at radius 1 is 1.32 bits per heavy atom. The Morgan fingerprint density at radius 3 is 2.58 bits per heavy atom. The Labute approximate surface area is 116 Å². The van der Waals surface area contributed by atoms with E-state index in [0.717, 1.165) is 23.7 Å². The van der Waals surface area contributed by atoms with Gasteiger partial charge in [-0.25, -0.2) is 0 Å². The van der Waals surface area contributed by atoms with Crippen LogP contribution in [-0.2, 0) is 4.74 Å². The summed E-state index contributed by atoms with van der Waals surface area (Å²) < 4.78 is 5.24. The molecule has 1 aliphatic carbocycles. The molecule has 2 rings (SSSR count). The summed E-state index contributed by atoms with van der Waals surface area (Å²) in [6, 6.07) is 8.66. The number of nitrogens with zero attached hydrogens (tertiary/aromatic N) is 1. The van der Waals surface area contributed by atoms with E-state index in [1.54, 1.807) is 7.11 Å². The standard InChI is InChI=1S/C16H25NO2/c1-12(14-8-9-14)17(10-11-19-3)16-7-5-4-6-15(16)13(2)18/h4-7,12-14,18H,8-11H2,1-3H3. The van der Waals surface area contributed by atoms with Crippen molar-refractivity contribution in [3.8, 4) is 0 Å². The van der Waals surface area contributed by atoms with E-state index in [1.165, 1.54) is 12.8 Å². The Hall–Kier alpha value is -1.06. The maximum absolute atomic E-state index is 9.96. The van der Waals surface area contributed by atoms with Gasteiger partial charge >= 0.3 is 0 Å². The summed E-state index contributed by atoms with van der Waals surface area (Å²) in [6.45, 7) is 5.70. The predicted octanol–water partition coefficient (Wildman–Crippen LogP) is 2.99. The zero-order chi connectivity index (χ0) is 13.8.